The van der Waals surface area contributed by atoms with Gasteiger partial charge in [0.15, 0.2) is 6.23 Å². The smallest absolute Gasteiger partial charge is 0.332 e. The molecule has 0 aromatic heterocycles. The fourth-order valence-corrected chi connectivity index (χ4v) is 3.17. The number of hydrogen-bond acceptors (Lipinski definition) is 4. The molecule has 5 nitrogen and oxygen atoms in total. The average Bonchev–Trinajstić information content (AvgIpc) is 2.90. The average molecular weight is 267 g/mol. The van der Waals surface area contributed by atoms with Gasteiger partial charge in [-0.15, -0.1) is 0 Å². The number of ether oxygens (including phenoxy) is 1. The van der Waals surface area contributed by atoms with Crippen molar-refractivity contribution in [2.75, 3.05) is 6.54 Å². The number of carboxylic acid groups (broad SMARTS) is 1. The Bertz CT molecular complexity index is 360. The lowest BCUT2D eigenvalue weighted by molar-refractivity contribution is -0.147. The standard InChI is InChI=1S/C14H21NO4/c16-13(17)5-6-14(18)19-12-9-11(7-8-15-12)10-3-1-2-4-10/h5-6,10-12,15H,1-4,7-9H2,(H,16,17)/b6-5-/t11?,12-/m0/s1. The van der Waals surface area contributed by atoms with Crippen LogP contribution in [0, 0.1) is 11.8 Å². The third-order valence-electron chi connectivity index (χ3n) is 4.09. The first-order valence-corrected chi connectivity index (χ1v) is 7.00. The molecule has 0 aromatic carbocycles. The Morgan fingerprint density at radius 2 is 1.84 bits per heavy atom. The van der Waals surface area contributed by atoms with Crippen molar-refractivity contribution >= 4 is 11.9 Å². The molecular formula is C14H21NO4. The van der Waals surface area contributed by atoms with Gasteiger partial charge in [-0.2, -0.15) is 0 Å². The van der Waals surface area contributed by atoms with E-state index in [9.17, 15) is 9.59 Å². The molecule has 0 aromatic rings. The van der Waals surface area contributed by atoms with Crippen molar-refractivity contribution in [3.63, 3.8) is 0 Å². The molecular weight excluding hydrogens is 246 g/mol. The quantitative estimate of drug-likeness (QED) is 0.599. The first-order chi connectivity index (χ1) is 9.15. The number of esters is 1. The van der Waals surface area contributed by atoms with Crippen LogP contribution in [-0.4, -0.2) is 29.8 Å². The summed E-state index contributed by atoms with van der Waals surface area (Å²) in [7, 11) is 0. The summed E-state index contributed by atoms with van der Waals surface area (Å²) in [6.45, 7) is 0.863. The third kappa shape index (κ3) is 4.35. The molecule has 0 bridgehead atoms. The van der Waals surface area contributed by atoms with Crippen LogP contribution in [0.25, 0.3) is 0 Å². The zero-order valence-corrected chi connectivity index (χ0v) is 11.0. The molecule has 0 amide bonds. The molecule has 2 N–H and O–H groups in total. The largest absolute Gasteiger partial charge is 0.478 e. The van der Waals surface area contributed by atoms with E-state index in [1.54, 1.807) is 0 Å². The normalized spacial score (nSPS) is 28.6. The van der Waals surface area contributed by atoms with E-state index in [0.717, 1.165) is 37.5 Å². The predicted octanol–water partition coefficient (Wildman–Crippen LogP) is 1.69. The Balaban J connectivity index is 1.80. The zero-order chi connectivity index (χ0) is 13.7. The molecule has 106 valence electrons. The molecule has 19 heavy (non-hydrogen) atoms. The Morgan fingerprint density at radius 1 is 1.11 bits per heavy atom. The molecule has 1 heterocycles. The summed E-state index contributed by atoms with van der Waals surface area (Å²) in [6.07, 6.45) is 8.71. The van der Waals surface area contributed by atoms with Crippen LogP contribution in [0.1, 0.15) is 38.5 Å². The maximum atomic E-state index is 11.4. The minimum Gasteiger partial charge on any atom is -0.478 e. The van der Waals surface area contributed by atoms with Gasteiger partial charge in [0.25, 0.3) is 0 Å². The topological polar surface area (TPSA) is 75.6 Å². The van der Waals surface area contributed by atoms with Gasteiger partial charge in [-0.3, -0.25) is 5.32 Å². The van der Waals surface area contributed by atoms with E-state index in [1.165, 1.54) is 25.7 Å². The van der Waals surface area contributed by atoms with E-state index in [1.807, 2.05) is 0 Å². The zero-order valence-electron chi connectivity index (χ0n) is 11.0. The second-order valence-corrected chi connectivity index (χ2v) is 5.38. The molecule has 0 radical (unpaired) electrons. The Labute approximate surface area is 113 Å². The molecule has 1 aliphatic heterocycles. The van der Waals surface area contributed by atoms with Crippen molar-refractivity contribution in [3.05, 3.63) is 12.2 Å². The first-order valence-electron chi connectivity index (χ1n) is 7.00. The van der Waals surface area contributed by atoms with Crippen LogP contribution in [0.2, 0.25) is 0 Å². The highest BCUT2D eigenvalue weighted by Crippen LogP contribution is 2.36. The van der Waals surface area contributed by atoms with Gasteiger partial charge >= 0.3 is 11.9 Å². The molecule has 1 aliphatic carbocycles. The van der Waals surface area contributed by atoms with Gasteiger partial charge in [0, 0.05) is 18.6 Å². The second kappa shape index (κ2) is 6.70. The Morgan fingerprint density at radius 3 is 2.53 bits per heavy atom. The maximum absolute atomic E-state index is 11.4. The van der Waals surface area contributed by atoms with Gasteiger partial charge in [-0.1, -0.05) is 25.7 Å². The van der Waals surface area contributed by atoms with Crippen LogP contribution in [0.4, 0.5) is 0 Å². The van der Waals surface area contributed by atoms with Crippen LogP contribution in [0.15, 0.2) is 12.2 Å². The Hall–Kier alpha value is -1.36. The van der Waals surface area contributed by atoms with Crippen molar-refractivity contribution in [1.29, 1.82) is 0 Å². The summed E-state index contributed by atoms with van der Waals surface area (Å²) in [5.74, 6) is -0.327. The molecule has 0 spiro atoms. The van der Waals surface area contributed by atoms with Crippen molar-refractivity contribution in [2.24, 2.45) is 11.8 Å². The summed E-state index contributed by atoms with van der Waals surface area (Å²) >= 11 is 0. The number of piperidine rings is 1. The number of carboxylic acids is 1. The molecule has 2 aliphatic rings. The summed E-state index contributed by atoms with van der Waals surface area (Å²) in [5, 5.41) is 11.6. The monoisotopic (exact) mass is 267 g/mol. The number of hydrogen-bond donors (Lipinski definition) is 2. The van der Waals surface area contributed by atoms with Gasteiger partial charge in [0.1, 0.15) is 0 Å². The molecule has 1 unspecified atom stereocenters. The first kappa shape index (κ1) is 14.1. The van der Waals surface area contributed by atoms with Crippen LogP contribution in [0.3, 0.4) is 0 Å². The van der Waals surface area contributed by atoms with E-state index < -0.39 is 11.9 Å². The SMILES string of the molecule is O=C(O)/C=C\C(=O)O[C@H]1CC(C2CCCC2)CCN1. The lowest BCUT2D eigenvalue weighted by atomic mass is 9.83. The van der Waals surface area contributed by atoms with E-state index >= 15 is 0 Å². The third-order valence-corrected chi connectivity index (χ3v) is 4.09. The summed E-state index contributed by atoms with van der Waals surface area (Å²) in [4.78, 5) is 21.7. The van der Waals surface area contributed by atoms with Crippen molar-refractivity contribution in [3.8, 4) is 0 Å². The highest BCUT2D eigenvalue weighted by molar-refractivity contribution is 5.90. The fraction of sp³-hybridized carbons (Fsp3) is 0.714. The highest BCUT2D eigenvalue weighted by atomic mass is 16.6. The highest BCUT2D eigenvalue weighted by Gasteiger charge is 2.31. The minimum absolute atomic E-state index is 0.273. The number of carbonyl (C=O) groups excluding carboxylic acids is 1. The van der Waals surface area contributed by atoms with E-state index in [-0.39, 0.29) is 6.23 Å². The van der Waals surface area contributed by atoms with Gasteiger partial charge in [-0.25, -0.2) is 9.59 Å². The molecule has 5 heteroatoms. The van der Waals surface area contributed by atoms with Crippen molar-refractivity contribution in [1.82, 2.24) is 5.32 Å². The van der Waals surface area contributed by atoms with Crippen LogP contribution < -0.4 is 5.32 Å². The molecule has 2 fully saturated rings. The maximum Gasteiger partial charge on any atom is 0.332 e. The van der Waals surface area contributed by atoms with Crippen LogP contribution in [0.5, 0.6) is 0 Å². The molecule has 1 saturated carbocycles. The van der Waals surface area contributed by atoms with Gasteiger partial charge in [-0.05, 0) is 24.8 Å². The van der Waals surface area contributed by atoms with Gasteiger partial charge in [0.2, 0.25) is 0 Å². The minimum atomic E-state index is -1.14. The summed E-state index contributed by atoms with van der Waals surface area (Å²) < 4.78 is 5.23. The fourth-order valence-electron chi connectivity index (χ4n) is 3.17. The summed E-state index contributed by atoms with van der Waals surface area (Å²) in [6, 6.07) is 0. The second-order valence-electron chi connectivity index (χ2n) is 5.38. The van der Waals surface area contributed by atoms with E-state index in [2.05, 4.69) is 5.32 Å². The van der Waals surface area contributed by atoms with Gasteiger partial charge in [0.05, 0.1) is 0 Å². The lowest BCUT2D eigenvalue weighted by Crippen LogP contribution is -2.42. The molecule has 2 atom stereocenters. The predicted molar refractivity (Wildman–Crippen MR) is 69.3 cm³/mol. The summed E-state index contributed by atoms with van der Waals surface area (Å²) in [5.41, 5.74) is 0. The van der Waals surface area contributed by atoms with Crippen molar-refractivity contribution < 1.29 is 19.4 Å². The van der Waals surface area contributed by atoms with Gasteiger partial charge < -0.3 is 9.84 Å². The lowest BCUT2D eigenvalue weighted by Gasteiger charge is -2.33. The van der Waals surface area contributed by atoms with Crippen molar-refractivity contribution in [2.45, 2.75) is 44.8 Å². The van der Waals surface area contributed by atoms with Crippen LogP contribution in [-0.2, 0) is 14.3 Å². The van der Waals surface area contributed by atoms with E-state index in [0.29, 0.717) is 5.92 Å². The number of carbonyl (C=O) groups is 2. The molecule has 1 saturated heterocycles. The van der Waals surface area contributed by atoms with E-state index in [4.69, 9.17) is 9.84 Å². The number of nitrogens with one attached hydrogen (secondary N) is 1. The number of aliphatic carboxylic acids is 1. The van der Waals surface area contributed by atoms with Crippen LogP contribution >= 0.6 is 0 Å². The number of rotatable bonds is 4. The molecule has 2 rings (SSSR count). The Kier molecular flexibility index (Phi) is 4.96.